The maximum atomic E-state index is 7.30. The zero-order valence-electron chi connectivity index (χ0n) is 8.26. The lowest BCUT2D eigenvalue weighted by atomic mass is 10.1. The summed E-state index contributed by atoms with van der Waals surface area (Å²) in [5.74, 6) is 0. The summed E-state index contributed by atoms with van der Waals surface area (Å²) in [6, 6.07) is 6.03. The largest absolute Gasteiger partial charge is 0.350 e. The maximum absolute atomic E-state index is 7.30. The van der Waals surface area contributed by atoms with Crippen molar-refractivity contribution in [1.82, 2.24) is 0 Å². The van der Waals surface area contributed by atoms with Crippen molar-refractivity contribution in [3.05, 3.63) is 39.1 Å². The van der Waals surface area contributed by atoms with Crippen molar-refractivity contribution in [2.24, 2.45) is 0 Å². The molecule has 14 heavy (non-hydrogen) atoms. The van der Waals surface area contributed by atoms with E-state index < -0.39 is 0 Å². The highest BCUT2D eigenvalue weighted by Gasteiger charge is 2.00. The Hall–Kier alpha value is -0.840. The van der Waals surface area contributed by atoms with Gasteiger partial charge in [-0.05, 0) is 48.6 Å². The summed E-state index contributed by atoms with van der Waals surface area (Å²) in [4.78, 5) is 0. The second-order valence-corrected chi connectivity index (χ2v) is 4.16. The molecule has 0 aliphatic heterocycles. The highest BCUT2D eigenvalue weighted by Crippen LogP contribution is 2.19. The van der Waals surface area contributed by atoms with Gasteiger partial charge in [-0.25, -0.2) is 0 Å². The molecule has 0 heterocycles. The fourth-order valence-electron chi connectivity index (χ4n) is 1.12. The molecule has 0 amide bonds. The molecule has 0 spiro atoms. The van der Waals surface area contributed by atoms with Gasteiger partial charge in [0.1, 0.15) is 0 Å². The van der Waals surface area contributed by atoms with Crippen LogP contribution in [0, 0.1) is 12.3 Å². The monoisotopic (exact) mass is 300 g/mol. The van der Waals surface area contributed by atoms with E-state index in [9.17, 15) is 0 Å². The number of anilines is 1. The minimum absolute atomic E-state index is 0.918. The van der Waals surface area contributed by atoms with Crippen molar-refractivity contribution in [3.8, 4) is 0 Å². The summed E-state index contributed by atoms with van der Waals surface area (Å²) in [6.07, 6.45) is 3.36. The lowest BCUT2D eigenvalue weighted by Crippen LogP contribution is -1.97. The van der Waals surface area contributed by atoms with Crippen molar-refractivity contribution in [2.45, 2.75) is 13.8 Å². The lowest BCUT2D eigenvalue weighted by Gasteiger charge is -2.08. The first-order valence-corrected chi connectivity index (χ1v) is 5.45. The average Bonchev–Trinajstić information content (AvgIpc) is 2.20. The smallest absolute Gasteiger partial charge is 0.0732 e. The standard InChI is InChI=1S/C11H13IN2/c1-3-11(12)14-10-5-4-8(2)6-9(10)7-13/h3-7,13-14H,1-2H3/b11-3-,13-7?. The van der Waals surface area contributed by atoms with Gasteiger partial charge in [-0.2, -0.15) is 0 Å². The van der Waals surface area contributed by atoms with Crippen molar-refractivity contribution in [1.29, 1.82) is 5.41 Å². The third-order valence-electron chi connectivity index (χ3n) is 1.87. The van der Waals surface area contributed by atoms with Gasteiger partial charge in [0.25, 0.3) is 0 Å². The van der Waals surface area contributed by atoms with Gasteiger partial charge in [-0.15, -0.1) is 0 Å². The summed E-state index contributed by atoms with van der Waals surface area (Å²) >= 11 is 2.23. The summed E-state index contributed by atoms with van der Waals surface area (Å²) in [5.41, 5.74) is 3.07. The van der Waals surface area contributed by atoms with E-state index in [0.29, 0.717) is 0 Å². The van der Waals surface area contributed by atoms with Crippen molar-refractivity contribution < 1.29 is 0 Å². The molecular weight excluding hydrogens is 287 g/mol. The average molecular weight is 300 g/mol. The van der Waals surface area contributed by atoms with Crippen LogP contribution in [-0.2, 0) is 0 Å². The predicted octanol–water partition coefficient (Wildman–Crippen LogP) is 3.70. The number of halogens is 1. The Balaban J connectivity index is 3.02. The van der Waals surface area contributed by atoms with Gasteiger partial charge in [0.15, 0.2) is 0 Å². The third kappa shape index (κ3) is 2.83. The first kappa shape index (κ1) is 11.2. The number of aryl methyl sites for hydroxylation is 1. The molecule has 1 aromatic carbocycles. The van der Waals surface area contributed by atoms with E-state index >= 15 is 0 Å². The molecule has 1 rings (SSSR count). The van der Waals surface area contributed by atoms with Gasteiger partial charge >= 0.3 is 0 Å². The molecule has 0 aliphatic rings. The molecule has 3 heteroatoms. The predicted molar refractivity (Wildman–Crippen MR) is 70.5 cm³/mol. The van der Waals surface area contributed by atoms with Gasteiger partial charge in [0.2, 0.25) is 0 Å². The van der Waals surface area contributed by atoms with Crippen LogP contribution in [0.15, 0.2) is 28.0 Å². The van der Waals surface area contributed by atoms with Crippen LogP contribution in [-0.4, -0.2) is 6.21 Å². The van der Waals surface area contributed by atoms with Crippen LogP contribution in [0.2, 0.25) is 0 Å². The van der Waals surface area contributed by atoms with E-state index in [-0.39, 0.29) is 0 Å². The van der Waals surface area contributed by atoms with E-state index in [2.05, 4.69) is 27.9 Å². The minimum Gasteiger partial charge on any atom is -0.350 e. The molecule has 0 aromatic heterocycles. The van der Waals surface area contributed by atoms with Crippen LogP contribution < -0.4 is 5.32 Å². The molecule has 0 aliphatic carbocycles. The lowest BCUT2D eigenvalue weighted by molar-refractivity contribution is 1.43. The molecule has 0 saturated heterocycles. The normalized spacial score (nSPS) is 11.2. The van der Waals surface area contributed by atoms with Crippen molar-refractivity contribution in [3.63, 3.8) is 0 Å². The SMILES string of the molecule is C/C=C(/I)Nc1ccc(C)cc1C=N. The Bertz CT molecular complexity index is 370. The van der Waals surface area contributed by atoms with E-state index in [0.717, 1.165) is 15.0 Å². The van der Waals surface area contributed by atoms with E-state index in [1.54, 1.807) is 0 Å². The fourth-order valence-corrected chi connectivity index (χ4v) is 1.41. The van der Waals surface area contributed by atoms with Gasteiger partial charge in [0.05, 0.1) is 3.70 Å². The number of nitrogens with one attached hydrogen (secondary N) is 2. The van der Waals surface area contributed by atoms with E-state index in [1.165, 1.54) is 11.8 Å². The molecule has 74 valence electrons. The first-order valence-electron chi connectivity index (χ1n) is 4.37. The number of hydrogen-bond acceptors (Lipinski definition) is 2. The molecule has 0 saturated carbocycles. The topological polar surface area (TPSA) is 35.9 Å². The van der Waals surface area contributed by atoms with Crippen LogP contribution in [0.25, 0.3) is 0 Å². The molecule has 0 unspecified atom stereocenters. The molecule has 0 bridgehead atoms. The van der Waals surface area contributed by atoms with E-state index in [4.69, 9.17) is 5.41 Å². The Labute approximate surface area is 98.1 Å². The fraction of sp³-hybridized carbons (Fsp3) is 0.182. The second-order valence-electron chi connectivity index (χ2n) is 3.00. The molecule has 1 aromatic rings. The second kappa shape index (κ2) is 5.14. The number of allylic oxidation sites excluding steroid dienone is 1. The molecular formula is C11H13IN2. The van der Waals surface area contributed by atoms with Crippen LogP contribution in [0.5, 0.6) is 0 Å². The van der Waals surface area contributed by atoms with Crippen LogP contribution >= 0.6 is 22.6 Å². The van der Waals surface area contributed by atoms with Gasteiger partial charge in [-0.1, -0.05) is 17.7 Å². The molecule has 0 radical (unpaired) electrons. The zero-order chi connectivity index (χ0) is 10.6. The van der Waals surface area contributed by atoms with Gasteiger partial charge in [-0.3, -0.25) is 0 Å². The highest BCUT2D eigenvalue weighted by molar-refractivity contribution is 14.1. The van der Waals surface area contributed by atoms with Gasteiger partial charge in [0, 0.05) is 17.5 Å². The van der Waals surface area contributed by atoms with Crippen LogP contribution in [0.4, 0.5) is 5.69 Å². The first-order chi connectivity index (χ1) is 6.67. The Kier molecular flexibility index (Phi) is 4.13. The Morgan fingerprint density at radius 2 is 2.21 bits per heavy atom. The summed E-state index contributed by atoms with van der Waals surface area (Å²) < 4.78 is 1.06. The number of hydrogen-bond donors (Lipinski definition) is 2. The summed E-state index contributed by atoms with van der Waals surface area (Å²) in [6.45, 7) is 4.00. The van der Waals surface area contributed by atoms with E-state index in [1.807, 2.05) is 38.1 Å². The molecule has 2 nitrogen and oxygen atoms in total. The third-order valence-corrected chi connectivity index (χ3v) is 2.76. The molecule has 0 atom stereocenters. The Morgan fingerprint density at radius 1 is 1.50 bits per heavy atom. The quantitative estimate of drug-likeness (QED) is 0.498. The number of benzene rings is 1. The Morgan fingerprint density at radius 3 is 2.79 bits per heavy atom. The number of rotatable bonds is 3. The van der Waals surface area contributed by atoms with Crippen LogP contribution in [0.1, 0.15) is 18.1 Å². The highest BCUT2D eigenvalue weighted by atomic mass is 127. The summed E-state index contributed by atoms with van der Waals surface area (Å²) in [7, 11) is 0. The summed E-state index contributed by atoms with van der Waals surface area (Å²) in [5, 5.41) is 10.5. The minimum atomic E-state index is 0.918. The van der Waals surface area contributed by atoms with Crippen molar-refractivity contribution in [2.75, 3.05) is 5.32 Å². The maximum Gasteiger partial charge on any atom is 0.0732 e. The van der Waals surface area contributed by atoms with Crippen LogP contribution in [0.3, 0.4) is 0 Å². The molecule has 0 fully saturated rings. The molecule has 2 N–H and O–H groups in total. The van der Waals surface area contributed by atoms with Crippen molar-refractivity contribution >= 4 is 34.5 Å². The van der Waals surface area contributed by atoms with Gasteiger partial charge < -0.3 is 10.7 Å². The zero-order valence-corrected chi connectivity index (χ0v) is 10.4.